The number of halogens is 1. The molecular formula is C10H16BrNO2. The Labute approximate surface area is 92.6 Å². The highest BCUT2D eigenvalue weighted by Crippen LogP contribution is 2.40. The van der Waals surface area contributed by atoms with E-state index in [0.29, 0.717) is 12.5 Å². The molecule has 0 aromatic rings. The molecule has 1 saturated heterocycles. The molecule has 4 heteroatoms. The van der Waals surface area contributed by atoms with Gasteiger partial charge in [-0.1, -0.05) is 15.9 Å². The Morgan fingerprint density at radius 1 is 1.57 bits per heavy atom. The second kappa shape index (κ2) is 3.49. The van der Waals surface area contributed by atoms with E-state index in [0.717, 1.165) is 25.8 Å². The fraction of sp³-hybridized carbons (Fsp3) is 0.900. The van der Waals surface area contributed by atoms with Crippen LogP contribution in [0, 0.1) is 5.92 Å². The summed E-state index contributed by atoms with van der Waals surface area (Å²) in [6, 6.07) is 0. The summed E-state index contributed by atoms with van der Waals surface area (Å²) in [5, 5.41) is 10.1. The molecule has 3 nitrogen and oxygen atoms in total. The fourth-order valence-electron chi connectivity index (χ4n) is 2.08. The number of rotatable bonds is 3. The molecule has 14 heavy (non-hydrogen) atoms. The van der Waals surface area contributed by atoms with Crippen molar-refractivity contribution in [2.75, 3.05) is 13.1 Å². The molecule has 1 saturated carbocycles. The van der Waals surface area contributed by atoms with Gasteiger partial charge in [-0.2, -0.15) is 0 Å². The summed E-state index contributed by atoms with van der Waals surface area (Å²) < 4.78 is 0. The van der Waals surface area contributed by atoms with Crippen molar-refractivity contribution in [2.24, 2.45) is 5.92 Å². The number of likely N-dealkylation sites (tertiary alicyclic amines) is 1. The number of nitrogens with zero attached hydrogens (tertiary/aromatic N) is 1. The maximum Gasteiger partial charge on any atom is 0.236 e. The third-order valence-corrected chi connectivity index (χ3v) is 4.05. The minimum atomic E-state index is -0.674. The number of hydrogen-bond acceptors (Lipinski definition) is 2. The smallest absolute Gasteiger partial charge is 0.236 e. The van der Waals surface area contributed by atoms with Crippen molar-refractivity contribution in [2.45, 2.75) is 36.6 Å². The van der Waals surface area contributed by atoms with Gasteiger partial charge in [0, 0.05) is 13.1 Å². The average molecular weight is 262 g/mol. The van der Waals surface area contributed by atoms with Crippen LogP contribution in [0.3, 0.4) is 0 Å². The normalized spacial score (nSPS) is 32.1. The molecule has 1 heterocycles. The zero-order valence-electron chi connectivity index (χ0n) is 8.37. The minimum absolute atomic E-state index is 0.0301. The van der Waals surface area contributed by atoms with Gasteiger partial charge in [-0.3, -0.25) is 4.79 Å². The van der Waals surface area contributed by atoms with Crippen LogP contribution in [-0.4, -0.2) is 39.4 Å². The van der Waals surface area contributed by atoms with Crippen molar-refractivity contribution >= 4 is 21.8 Å². The van der Waals surface area contributed by atoms with Crippen molar-refractivity contribution in [1.29, 1.82) is 0 Å². The summed E-state index contributed by atoms with van der Waals surface area (Å²) in [7, 11) is 0. The number of hydrogen-bond donors (Lipinski definition) is 1. The van der Waals surface area contributed by atoms with Gasteiger partial charge in [0.1, 0.15) is 0 Å². The van der Waals surface area contributed by atoms with E-state index in [4.69, 9.17) is 0 Å². The zero-order valence-corrected chi connectivity index (χ0v) is 9.96. The molecule has 1 amide bonds. The lowest BCUT2D eigenvalue weighted by Gasteiger charge is -2.28. The first kappa shape index (κ1) is 10.4. The van der Waals surface area contributed by atoms with E-state index < -0.39 is 5.60 Å². The van der Waals surface area contributed by atoms with Crippen LogP contribution in [0.5, 0.6) is 0 Å². The Kier molecular flexibility index (Phi) is 2.60. The Morgan fingerprint density at radius 3 is 2.64 bits per heavy atom. The summed E-state index contributed by atoms with van der Waals surface area (Å²) in [5.41, 5.74) is -0.674. The first-order chi connectivity index (χ1) is 6.50. The predicted octanol–water partition coefficient (Wildman–Crippen LogP) is 1.14. The highest BCUT2D eigenvalue weighted by Gasteiger charge is 2.43. The predicted molar refractivity (Wildman–Crippen MR) is 57.3 cm³/mol. The Balaban J connectivity index is 1.94. The largest absolute Gasteiger partial charge is 0.388 e. The van der Waals surface area contributed by atoms with Gasteiger partial charge in [0.15, 0.2) is 0 Å². The molecule has 0 aromatic carbocycles. The van der Waals surface area contributed by atoms with E-state index >= 15 is 0 Å². The van der Waals surface area contributed by atoms with Crippen molar-refractivity contribution in [1.82, 2.24) is 4.90 Å². The van der Waals surface area contributed by atoms with Crippen LogP contribution >= 0.6 is 15.9 Å². The van der Waals surface area contributed by atoms with Crippen LogP contribution in [0.4, 0.5) is 0 Å². The summed E-state index contributed by atoms with van der Waals surface area (Å²) in [4.78, 5) is 13.3. The van der Waals surface area contributed by atoms with Gasteiger partial charge in [0.25, 0.3) is 0 Å². The van der Waals surface area contributed by atoms with Crippen LogP contribution in [0.25, 0.3) is 0 Å². The summed E-state index contributed by atoms with van der Waals surface area (Å²) in [6.07, 6.45) is 3.07. The highest BCUT2D eigenvalue weighted by molar-refractivity contribution is 9.10. The Hall–Kier alpha value is -0.0900. The van der Waals surface area contributed by atoms with Gasteiger partial charge in [-0.15, -0.1) is 0 Å². The third kappa shape index (κ3) is 1.96. The number of carbonyl (C=O) groups is 1. The molecule has 0 radical (unpaired) electrons. The molecule has 0 aromatic heterocycles. The third-order valence-electron chi connectivity index (χ3n) is 3.20. The Morgan fingerprint density at radius 2 is 2.21 bits per heavy atom. The molecular weight excluding hydrogens is 246 g/mol. The van der Waals surface area contributed by atoms with E-state index in [2.05, 4.69) is 15.9 Å². The van der Waals surface area contributed by atoms with Crippen LogP contribution in [0.15, 0.2) is 0 Å². The molecule has 1 aliphatic carbocycles. The van der Waals surface area contributed by atoms with E-state index in [1.807, 2.05) is 6.92 Å². The van der Waals surface area contributed by atoms with Crippen molar-refractivity contribution in [3.8, 4) is 0 Å². The quantitative estimate of drug-likeness (QED) is 0.775. The standard InChI is InChI=1S/C10H16BrNO2/c1-10(14,7-2-3-7)6-12-5-4-8(11)9(12)13/h7-8,14H,2-6H2,1H3. The summed E-state index contributed by atoms with van der Waals surface area (Å²) >= 11 is 3.33. The maximum atomic E-state index is 11.6. The molecule has 2 aliphatic rings. The van der Waals surface area contributed by atoms with E-state index in [1.165, 1.54) is 0 Å². The minimum Gasteiger partial charge on any atom is -0.388 e. The zero-order chi connectivity index (χ0) is 10.3. The monoisotopic (exact) mass is 261 g/mol. The Bertz CT molecular complexity index is 251. The SMILES string of the molecule is CC(O)(CN1CCC(Br)C1=O)C1CC1. The molecule has 0 bridgehead atoms. The second-order valence-electron chi connectivity index (χ2n) is 4.65. The molecule has 2 unspecified atom stereocenters. The van der Waals surface area contributed by atoms with Crippen molar-refractivity contribution in [3.05, 3.63) is 0 Å². The lowest BCUT2D eigenvalue weighted by Crippen LogP contribution is -2.43. The van der Waals surface area contributed by atoms with Crippen molar-refractivity contribution in [3.63, 3.8) is 0 Å². The number of β-amino-alcohol motifs (C(OH)–C–C–N with tert-alkyl or cyclic N) is 1. The number of alkyl halides is 1. The number of amides is 1. The van der Waals surface area contributed by atoms with Crippen LogP contribution in [-0.2, 0) is 4.79 Å². The number of carbonyl (C=O) groups excluding carboxylic acids is 1. The second-order valence-corrected chi connectivity index (χ2v) is 5.75. The van der Waals surface area contributed by atoms with Crippen LogP contribution in [0.2, 0.25) is 0 Å². The summed E-state index contributed by atoms with van der Waals surface area (Å²) in [5.74, 6) is 0.538. The van der Waals surface area contributed by atoms with Crippen molar-refractivity contribution < 1.29 is 9.90 Å². The molecule has 2 atom stereocenters. The van der Waals surface area contributed by atoms with Gasteiger partial charge < -0.3 is 10.0 Å². The maximum absolute atomic E-state index is 11.6. The number of aliphatic hydroxyl groups is 1. The first-order valence-corrected chi connectivity index (χ1v) is 6.07. The lowest BCUT2D eigenvalue weighted by molar-refractivity contribution is -0.130. The van der Waals surface area contributed by atoms with E-state index in [9.17, 15) is 9.90 Å². The first-order valence-electron chi connectivity index (χ1n) is 5.16. The van der Waals surface area contributed by atoms with Gasteiger partial charge >= 0.3 is 0 Å². The molecule has 2 rings (SSSR count). The van der Waals surface area contributed by atoms with Gasteiger partial charge in [-0.05, 0) is 32.1 Å². The van der Waals surface area contributed by atoms with Crippen LogP contribution in [0.1, 0.15) is 26.2 Å². The topological polar surface area (TPSA) is 40.5 Å². The summed E-state index contributed by atoms with van der Waals surface area (Å²) in [6.45, 7) is 3.12. The van der Waals surface area contributed by atoms with Crippen LogP contribution < -0.4 is 0 Å². The average Bonchev–Trinajstić information content (AvgIpc) is 2.89. The van der Waals surface area contributed by atoms with Gasteiger partial charge in [0.2, 0.25) is 5.91 Å². The molecule has 0 spiro atoms. The van der Waals surface area contributed by atoms with Gasteiger partial charge in [0.05, 0.1) is 10.4 Å². The fourth-order valence-corrected chi connectivity index (χ4v) is 2.57. The molecule has 1 N–H and O–H groups in total. The molecule has 2 fully saturated rings. The lowest BCUT2D eigenvalue weighted by atomic mass is 10.0. The highest BCUT2D eigenvalue weighted by atomic mass is 79.9. The van der Waals surface area contributed by atoms with Gasteiger partial charge in [-0.25, -0.2) is 0 Å². The van der Waals surface area contributed by atoms with E-state index in [-0.39, 0.29) is 10.7 Å². The molecule has 80 valence electrons. The molecule has 1 aliphatic heterocycles. The van der Waals surface area contributed by atoms with E-state index in [1.54, 1.807) is 4.90 Å².